The molecule has 0 spiro atoms. The maximum Gasteiger partial charge on any atom is -0.153 e. The van der Waals surface area contributed by atoms with Crippen molar-refractivity contribution in [1.29, 1.82) is 0 Å². The molecule has 3 aliphatic carbocycles. The van der Waals surface area contributed by atoms with E-state index in [4.69, 9.17) is 11.7 Å². The molecule has 0 saturated carbocycles. The van der Waals surface area contributed by atoms with E-state index in [0.29, 0.717) is 12.8 Å². The van der Waals surface area contributed by atoms with E-state index >= 15 is 0 Å². The molecule has 3 rings (SSSR count). The van der Waals surface area contributed by atoms with E-state index in [9.17, 15) is 9.59 Å². The normalized spacial score (nSPS) is 21.3. The van der Waals surface area contributed by atoms with Gasteiger partial charge in [0.1, 0.15) is 0 Å². The molecule has 1 unspecified atom stereocenters. The molecule has 144 valence electrons. The third-order valence-corrected chi connectivity index (χ3v) is 8.59. The Morgan fingerprint density at radius 1 is 0.962 bits per heavy atom. The number of fused-ring (bicyclic) bond motifs is 1. The Hall–Kier alpha value is -0.906. The van der Waals surface area contributed by atoms with Gasteiger partial charge in [0.05, 0.1) is 0 Å². The molecule has 0 saturated heterocycles. The molecule has 0 radical (unpaired) electrons. The molecule has 26 heavy (non-hydrogen) atoms. The van der Waals surface area contributed by atoms with Crippen molar-refractivity contribution in [2.45, 2.75) is 82.3 Å². The van der Waals surface area contributed by atoms with Gasteiger partial charge in [0.25, 0.3) is 0 Å². The Bertz CT molecular complexity index is 575. The predicted molar refractivity (Wildman–Crippen MR) is 93.4 cm³/mol. The summed E-state index contributed by atoms with van der Waals surface area (Å²) < 4.78 is 11.6. The fourth-order valence-corrected chi connectivity index (χ4v) is 7.38. The van der Waals surface area contributed by atoms with E-state index in [0.717, 1.165) is 32.8 Å². The minimum absolute atomic E-state index is 0.199. The van der Waals surface area contributed by atoms with Gasteiger partial charge in [-0.1, -0.05) is 0 Å². The van der Waals surface area contributed by atoms with Crippen LogP contribution in [0.5, 0.6) is 0 Å². The van der Waals surface area contributed by atoms with E-state index in [-0.39, 0.29) is 16.2 Å². The molecule has 6 heteroatoms. The SMILES string of the molecule is CCC(=O)[O][Ti+]([O]C(=O)CC)[CH]1CCCC2=C1CC1=C2CCCC1.C[O-]. The van der Waals surface area contributed by atoms with Crippen LogP contribution in [0.4, 0.5) is 0 Å². The summed E-state index contributed by atoms with van der Waals surface area (Å²) >= 11 is -2.71. The molecule has 0 heterocycles. The number of rotatable bonds is 5. The van der Waals surface area contributed by atoms with E-state index in [1.807, 2.05) is 0 Å². The van der Waals surface area contributed by atoms with E-state index in [1.165, 1.54) is 36.8 Å². The van der Waals surface area contributed by atoms with E-state index in [2.05, 4.69) is 0 Å². The van der Waals surface area contributed by atoms with Gasteiger partial charge in [-0.25, -0.2) is 0 Å². The summed E-state index contributed by atoms with van der Waals surface area (Å²) in [7, 11) is 0.750. The number of carbonyl (C=O) groups is 2. The van der Waals surface area contributed by atoms with Crippen LogP contribution < -0.4 is 5.11 Å². The Morgan fingerprint density at radius 3 is 2.15 bits per heavy atom. The van der Waals surface area contributed by atoms with E-state index in [1.54, 1.807) is 25.0 Å². The first-order valence-electron chi connectivity index (χ1n) is 9.76. The Balaban J connectivity index is 0.00000117. The van der Waals surface area contributed by atoms with Crippen LogP contribution >= 0.6 is 0 Å². The Kier molecular flexibility index (Phi) is 8.59. The van der Waals surface area contributed by atoms with Crippen molar-refractivity contribution in [1.82, 2.24) is 0 Å². The van der Waals surface area contributed by atoms with Crippen molar-refractivity contribution in [2.75, 3.05) is 7.11 Å². The minimum Gasteiger partial charge on any atom is -0.857 e. The van der Waals surface area contributed by atoms with Gasteiger partial charge in [0.15, 0.2) is 0 Å². The molecule has 0 N–H and O–H groups in total. The molecule has 0 aromatic heterocycles. The minimum atomic E-state index is -2.71. The molecule has 0 amide bonds. The molecule has 0 aromatic carbocycles. The van der Waals surface area contributed by atoms with Crippen LogP contribution in [0.3, 0.4) is 0 Å². The fourth-order valence-electron chi connectivity index (χ4n) is 4.15. The smallest absolute Gasteiger partial charge is 0.153 e. The van der Waals surface area contributed by atoms with Crippen molar-refractivity contribution >= 4 is 11.9 Å². The standard InChI is InChI=1S/C13H17.2C3H6O2.CH3O.Ti/c1-3-7-12-10(5-1)9-11-6-2-4-8-13(11)12;2*1-2-3(4)5;1-2;/h5H,1-4,6-9H2;2*2H2,1H3,(H,4,5);1H3;/q;;;-1;+3/p-2. The van der Waals surface area contributed by atoms with E-state index < -0.39 is 18.6 Å². The number of allylic oxidation sites excluding steroid dienone is 4. The monoisotopic (exact) mass is 398 g/mol. The first-order chi connectivity index (χ1) is 12.6. The van der Waals surface area contributed by atoms with Gasteiger partial charge >= 0.3 is 151 Å². The second kappa shape index (κ2) is 10.4. The van der Waals surface area contributed by atoms with Crippen LogP contribution in [-0.4, -0.2) is 19.0 Å². The average molecular weight is 398 g/mol. The van der Waals surface area contributed by atoms with Crippen LogP contribution in [0.2, 0.25) is 4.22 Å². The van der Waals surface area contributed by atoms with Crippen LogP contribution in [0.25, 0.3) is 0 Å². The predicted octanol–water partition coefficient (Wildman–Crippen LogP) is 3.86. The molecule has 0 fully saturated rings. The van der Waals surface area contributed by atoms with Gasteiger partial charge < -0.3 is 5.11 Å². The van der Waals surface area contributed by atoms with Crippen LogP contribution in [0.15, 0.2) is 22.3 Å². The first kappa shape index (κ1) is 21.4. The molecule has 1 atom stereocenters. The molecule has 0 bridgehead atoms. The summed E-state index contributed by atoms with van der Waals surface area (Å²) in [6, 6.07) is 0. The summed E-state index contributed by atoms with van der Waals surface area (Å²) in [6.07, 6.45) is 10.0. The van der Waals surface area contributed by atoms with Gasteiger partial charge in [0, 0.05) is 0 Å². The zero-order valence-corrected chi connectivity index (χ0v) is 17.8. The second-order valence-corrected chi connectivity index (χ2v) is 9.61. The quantitative estimate of drug-likeness (QED) is 0.658. The van der Waals surface area contributed by atoms with Crippen molar-refractivity contribution in [3.63, 3.8) is 0 Å². The maximum absolute atomic E-state index is 11.9. The average Bonchev–Trinajstić information content (AvgIpc) is 3.07. The summed E-state index contributed by atoms with van der Waals surface area (Å²) in [5.74, 6) is -0.449. The number of hydrogen-bond donors (Lipinski definition) is 0. The third kappa shape index (κ3) is 4.87. The van der Waals surface area contributed by atoms with Crippen LogP contribution in [-0.2, 0) is 34.9 Å². The Labute approximate surface area is 163 Å². The maximum atomic E-state index is 11.9. The fraction of sp³-hybridized carbons (Fsp3) is 0.700. The molecule has 0 aromatic rings. The van der Waals surface area contributed by atoms with Crippen molar-refractivity contribution in [3.05, 3.63) is 22.3 Å². The van der Waals surface area contributed by atoms with Gasteiger partial charge in [0.2, 0.25) is 0 Å². The van der Waals surface area contributed by atoms with Crippen LogP contribution in [0, 0.1) is 0 Å². The molecule has 0 aliphatic heterocycles. The summed E-state index contributed by atoms with van der Waals surface area (Å²) in [5.41, 5.74) is 6.20. The number of hydrogen-bond acceptors (Lipinski definition) is 5. The van der Waals surface area contributed by atoms with Crippen molar-refractivity contribution < 1.29 is 40.0 Å². The topological polar surface area (TPSA) is 75.7 Å². The van der Waals surface area contributed by atoms with Crippen LogP contribution in [0.1, 0.15) is 78.1 Å². The number of carbonyl (C=O) groups excluding carboxylic acids is 2. The van der Waals surface area contributed by atoms with Gasteiger partial charge in [-0.3, -0.25) is 0 Å². The van der Waals surface area contributed by atoms with Gasteiger partial charge in [-0.05, 0) is 0 Å². The zero-order chi connectivity index (χ0) is 19.1. The molecular weight excluding hydrogens is 368 g/mol. The zero-order valence-electron chi connectivity index (χ0n) is 16.2. The van der Waals surface area contributed by atoms with Gasteiger partial charge in [-0.15, -0.1) is 0 Å². The summed E-state index contributed by atoms with van der Waals surface area (Å²) in [6.45, 7) is 3.59. The summed E-state index contributed by atoms with van der Waals surface area (Å²) in [4.78, 5) is 23.8. The second-order valence-electron chi connectivity index (χ2n) is 6.89. The first-order valence-corrected chi connectivity index (χ1v) is 11.9. The van der Waals surface area contributed by atoms with Crippen molar-refractivity contribution in [2.24, 2.45) is 0 Å². The summed E-state index contributed by atoms with van der Waals surface area (Å²) in [5, 5.41) is 8.25. The molecule has 5 nitrogen and oxygen atoms in total. The Morgan fingerprint density at radius 2 is 1.54 bits per heavy atom. The molecular formula is C20H30O5Ti. The third-order valence-electron chi connectivity index (χ3n) is 5.37. The van der Waals surface area contributed by atoms with Crippen molar-refractivity contribution in [3.8, 4) is 0 Å². The largest absolute Gasteiger partial charge is 0.857 e. The molecule has 3 aliphatic rings. The van der Waals surface area contributed by atoms with Gasteiger partial charge in [-0.2, -0.15) is 7.11 Å².